The normalized spacial score (nSPS) is 19.1. The van der Waals surface area contributed by atoms with Gasteiger partial charge in [-0.2, -0.15) is 0 Å². The quantitative estimate of drug-likeness (QED) is 0.756. The fourth-order valence-electron chi connectivity index (χ4n) is 4.36. The number of nitrogens with zero attached hydrogens (tertiary/aromatic N) is 4. The van der Waals surface area contributed by atoms with Crippen LogP contribution < -0.4 is 4.90 Å². The zero-order chi connectivity index (χ0) is 21.1. The van der Waals surface area contributed by atoms with Crippen LogP contribution in [0.3, 0.4) is 0 Å². The molecule has 0 spiro atoms. The van der Waals surface area contributed by atoms with E-state index >= 15 is 0 Å². The second kappa shape index (κ2) is 8.96. The van der Waals surface area contributed by atoms with E-state index in [1.807, 2.05) is 24.4 Å². The van der Waals surface area contributed by atoms with Crippen LogP contribution in [0.4, 0.5) is 10.1 Å². The lowest BCUT2D eigenvalue weighted by molar-refractivity contribution is 0.0511. The largest absolute Gasteiger partial charge is 0.347 e. The van der Waals surface area contributed by atoms with Crippen molar-refractivity contribution in [2.45, 2.75) is 32.9 Å². The van der Waals surface area contributed by atoms with E-state index in [4.69, 9.17) is 0 Å². The molecule has 2 aliphatic rings. The number of piperazine rings is 1. The van der Waals surface area contributed by atoms with Crippen molar-refractivity contribution in [3.05, 3.63) is 65.0 Å². The van der Waals surface area contributed by atoms with Crippen molar-refractivity contribution in [3.63, 3.8) is 0 Å². The topological polar surface area (TPSA) is 39.1 Å². The Balaban J connectivity index is 1.50. The second-order valence-electron chi connectivity index (χ2n) is 8.16. The fourth-order valence-corrected chi connectivity index (χ4v) is 4.36. The summed E-state index contributed by atoms with van der Waals surface area (Å²) in [7, 11) is 0. The van der Waals surface area contributed by atoms with Gasteiger partial charge >= 0.3 is 0 Å². The molecular formula is C24H29FN4O. The van der Waals surface area contributed by atoms with Gasteiger partial charge in [0.15, 0.2) is 0 Å². The molecule has 0 aromatic heterocycles. The molecule has 2 aliphatic heterocycles. The minimum atomic E-state index is -0.454. The monoisotopic (exact) mass is 408 g/mol. The number of halogens is 1. The van der Waals surface area contributed by atoms with Crippen molar-refractivity contribution in [2.75, 3.05) is 37.7 Å². The molecule has 0 radical (unpaired) electrons. The van der Waals surface area contributed by atoms with Gasteiger partial charge in [-0.05, 0) is 43.7 Å². The third kappa shape index (κ3) is 4.24. The fraction of sp³-hybridized carbons (Fsp3) is 0.417. The molecule has 0 bridgehead atoms. The van der Waals surface area contributed by atoms with Crippen LogP contribution in [0.1, 0.15) is 41.8 Å². The van der Waals surface area contributed by atoms with Gasteiger partial charge in [0.1, 0.15) is 12.5 Å². The van der Waals surface area contributed by atoms with E-state index in [9.17, 15) is 9.18 Å². The Kier molecular flexibility index (Phi) is 6.13. The first kappa shape index (κ1) is 20.5. The molecule has 0 aliphatic carbocycles. The van der Waals surface area contributed by atoms with Crippen LogP contribution in [0.5, 0.6) is 0 Å². The summed E-state index contributed by atoms with van der Waals surface area (Å²) >= 11 is 0. The molecule has 1 atom stereocenters. The van der Waals surface area contributed by atoms with Crippen LogP contribution in [0.2, 0.25) is 0 Å². The molecule has 6 heteroatoms. The van der Waals surface area contributed by atoms with Crippen molar-refractivity contribution in [2.24, 2.45) is 4.99 Å². The molecule has 0 N–H and O–H groups in total. The first-order valence-corrected chi connectivity index (χ1v) is 10.7. The molecule has 1 fully saturated rings. The summed E-state index contributed by atoms with van der Waals surface area (Å²) in [5.41, 5.74) is 3.24. The Morgan fingerprint density at radius 3 is 2.83 bits per heavy atom. The lowest BCUT2D eigenvalue weighted by Gasteiger charge is -2.39. The van der Waals surface area contributed by atoms with Gasteiger partial charge in [0.05, 0.1) is 5.56 Å². The molecule has 2 aromatic carbocycles. The van der Waals surface area contributed by atoms with Crippen LogP contribution in [-0.2, 0) is 6.54 Å². The van der Waals surface area contributed by atoms with Gasteiger partial charge in [0.25, 0.3) is 5.91 Å². The van der Waals surface area contributed by atoms with Gasteiger partial charge in [-0.15, -0.1) is 0 Å². The van der Waals surface area contributed by atoms with Crippen molar-refractivity contribution < 1.29 is 9.18 Å². The predicted octanol–water partition coefficient (Wildman–Crippen LogP) is 3.78. The number of rotatable bonds is 5. The highest BCUT2D eigenvalue weighted by Gasteiger charge is 2.28. The van der Waals surface area contributed by atoms with Gasteiger partial charge in [-0.3, -0.25) is 14.7 Å². The number of carbonyl (C=O) groups excluding carboxylic acids is 1. The van der Waals surface area contributed by atoms with E-state index in [0.717, 1.165) is 36.3 Å². The zero-order valence-corrected chi connectivity index (χ0v) is 17.7. The molecule has 1 saturated heterocycles. The summed E-state index contributed by atoms with van der Waals surface area (Å²) in [4.78, 5) is 23.9. The van der Waals surface area contributed by atoms with Gasteiger partial charge in [-0.1, -0.05) is 31.2 Å². The SMILES string of the molecule is CCCN1CCN(C(=O)c2cc(CN3CN=Cc4ccccc43)ccc2F)C[C@H]1C. The Labute approximate surface area is 177 Å². The van der Waals surface area contributed by atoms with Gasteiger partial charge in [-0.25, -0.2) is 4.39 Å². The van der Waals surface area contributed by atoms with E-state index < -0.39 is 5.82 Å². The Hall–Kier alpha value is -2.73. The molecule has 2 heterocycles. The van der Waals surface area contributed by atoms with E-state index in [-0.39, 0.29) is 17.5 Å². The maximum atomic E-state index is 14.6. The van der Waals surface area contributed by atoms with Crippen molar-refractivity contribution in [3.8, 4) is 0 Å². The summed E-state index contributed by atoms with van der Waals surface area (Å²) in [5, 5.41) is 0. The van der Waals surface area contributed by atoms with E-state index in [1.165, 1.54) is 6.07 Å². The second-order valence-corrected chi connectivity index (χ2v) is 8.16. The Morgan fingerprint density at radius 2 is 2.03 bits per heavy atom. The summed E-state index contributed by atoms with van der Waals surface area (Å²) in [6, 6.07) is 13.3. The van der Waals surface area contributed by atoms with Crippen LogP contribution in [0.15, 0.2) is 47.5 Å². The molecular weight excluding hydrogens is 379 g/mol. The van der Waals surface area contributed by atoms with E-state index in [1.54, 1.807) is 17.0 Å². The average Bonchev–Trinajstić information content (AvgIpc) is 2.76. The highest BCUT2D eigenvalue weighted by atomic mass is 19.1. The lowest BCUT2D eigenvalue weighted by Crippen LogP contribution is -2.53. The van der Waals surface area contributed by atoms with Crippen molar-refractivity contribution >= 4 is 17.8 Å². The molecule has 158 valence electrons. The smallest absolute Gasteiger partial charge is 0.256 e. The number of benzene rings is 2. The standard InChI is InChI=1S/C24H29FN4O/c1-3-10-27-11-12-28(15-18(27)2)24(30)21-13-19(8-9-22(21)25)16-29-17-26-14-20-6-4-5-7-23(20)29/h4-9,13-14,18H,3,10-12,15-17H2,1-2H3/t18-/m1/s1. The van der Waals surface area contributed by atoms with Gasteiger partial charge < -0.3 is 9.80 Å². The Morgan fingerprint density at radius 1 is 1.20 bits per heavy atom. The maximum absolute atomic E-state index is 14.6. The minimum absolute atomic E-state index is 0.164. The summed E-state index contributed by atoms with van der Waals surface area (Å²) < 4.78 is 14.6. The van der Waals surface area contributed by atoms with Crippen molar-refractivity contribution in [1.82, 2.24) is 9.80 Å². The van der Waals surface area contributed by atoms with Gasteiger partial charge in [0, 0.05) is 49.7 Å². The zero-order valence-electron chi connectivity index (χ0n) is 17.7. The molecule has 0 unspecified atom stereocenters. The number of amides is 1. The van der Waals surface area contributed by atoms with Crippen LogP contribution >= 0.6 is 0 Å². The Bertz CT molecular complexity index is 945. The highest BCUT2D eigenvalue weighted by molar-refractivity contribution is 5.95. The molecule has 1 amide bonds. The van der Waals surface area contributed by atoms with Crippen LogP contribution in [-0.4, -0.2) is 60.8 Å². The first-order valence-electron chi connectivity index (χ1n) is 10.7. The maximum Gasteiger partial charge on any atom is 0.256 e. The summed E-state index contributed by atoms with van der Waals surface area (Å²) in [6.07, 6.45) is 2.98. The number of fused-ring (bicyclic) bond motifs is 1. The first-order chi connectivity index (χ1) is 14.6. The number of hydrogen-bond acceptors (Lipinski definition) is 4. The number of anilines is 1. The van der Waals surface area contributed by atoms with Gasteiger partial charge in [0.2, 0.25) is 0 Å². The number of para-hydroxylation sites is 1. The molecule has 0 saturated carbocycles. The molecule has 2 aromatic rings. The highest BCUT2D eigenvalue weighted by Crippen LogP contribution is 2.25. The molecule has 30 heavy (non-hydrogen) atoms. The number of hydrogen-bond donors (Lipinski definition) is 0. The molecule has 4 rings (SSSR count). The summed E-state index contributed by atoms with van der Waals surface area (Å²) in [6.45, 7) is 8.58. The lowest BCUT2D eigenvalue weighted by atomic mass is 10.1. The summed E-state index contributed by atoms with van der Waals surface area (Å²) in [5.74, 6) is -0.668. The van der Waals surface area contributed by atoms with Crippen molar-refractivity contribution in [1.29, 1.82) is 0 Å². The van der Waals surface area contributed by atoms with Crippen LogP contribution in [0.25, 0.3) is 0 Å². The predicted molar refractivity (Wildman–Crippen MR) is 119 cm³/mol. The average molecular weight is 409 g/mol. The molecule has 5 nitrogen and oxygen atoms in total. The number of aliphatic imine (C=N–C) groups is 1. The number of carbonyl (C=O) groups is 1. The minimum Gasteiger partial charge on any atom is -0.347 e. The van der Waals surface area contributed by atoms with Crippen LogP contribution in [0, 0.1) is 5.82 Å². The van der Waals surface area contributed by atoms with E-state index in [2.05, 4.69) is 34.7 Å². The third-order valence-corrected chi connectivity index (χ3v) is 5.96. The van der Waals surface area contributed by atoms with E-state index in [0.29, 0.717) is 26.3 Å². The third-order valence-electron chi connectivity index (χ3n) is 5.96.